The number of hydrogen-bond donors (Lipinski definition) is 0. The van der Waals surface area contributed by atoms with Gasteiger partial charge in [-0.2, -0.15) is 0 Å². The normalized spacial score (nSPS) is 19.9. The van der Waals surface area contributed by atoms with Gasteiger partial charge in [0.25, 0.3) is 0 Å². The molecule has 0 aliphatic carbocycles. The van der Waals surface area contributed by atoms with Crippen molar-refractivity contribution in [2.75, 3.05) is 19.8 Å². The van der Waals surface area contributed by atoms with Crippen LogP contribution in [0.25, 0.3) is 0 Å². The van der Waals surface area contributed by atoms with E-state index in [4.69, 9.17) is 14.2 Å². The minimum absolute atomic E-state index is 0.0340. The van der Waals surface area contributed by atoms with Crippen molar-refractivity contribution < 1.29 is 14.2 Å². The highest BCUT2D eigenvalue weighted by Crippen LogP contribution is 2.25. The average molecular weight is 278 g/mol. The van der Waals surface area contributed by atoms with E-state index < -0.39 is 0 Å². The maximum atomic E-state index is 5.75. The van der Waals surface area contributed by atoms with Crippen LogP contribution in [0, 0.1) is 0 Å². The number of hydrogen-bond acceptors (Lipinski definition) is 3. The van der Waals surface area contributed by atoms with Gasteiger partial charge in [-0.3, -0.25) is 0 Å². The van der Waals surface area contributed by atoms with E-state index >= 15 is 0 Å². The second-order valence-corrected chi connectivity index (χ2v) is 6.29. The molecule has 0 aromatic heterocycles. The predicted octanol–water partition coefficient (Wildman–Crippen LogP) is 3.91. The van der Waals surface area contributed by atoms with Gasteiger partial charge in [0.2, 0.25) is 0 Å². The number of ether oxygens (including phenoxy) is 3. The van der Waals surface area contributed by atoms with Crippen molar-refractivity contribution in [3.05, 3.63) is 29.8 Å². The van der Waals surface area contributed by atoms with Crippen LogP contribution in [0.15, 0.2) is 24.3 Å². The molecule has 0 saturated carbocycles. The summed E-state index contributed by atoms with van der Waals surface area (Å²) in [5.41, 5.74) is 1.43. The summed E-state index contributed by atoms with van der Waals surface area (Å²) in [6.45, 7) is 8.57. The Labute approximate surface area is 122 Å². The van der Waals surface area contributed by atoms with Crippen molar-refractivity contribution in [3.8, 4) is 5.75 Å². The summed E-state index contributed by atoms with van der Waals surface area (Å²) < 4.78 is 16.9. The molecule has 1 aliphatic rings. The molecule has 1 aromatic rings. The molecule has 1 atom stereocenters. The first-order chi connectivity index (χ1) is 9.55. The average Bonchev–Trinajstić information content (AvgIpc) is 2.44. The molecule has 1 aromatic carbocycles. The first kappa shape index (κ1) is 15.3. The molecular weight excluding hydrogens is 252 g/mol. The molecule has 3 heteroatoms. The van der Waals surface area contributed by atoms with Gasteiger partial charge in [0.1, 0.15) is 12.4 Å². The zero-order chi connectivity index (χ0) is 14.4. The van der Waals surface area contributed by atoms with Crippen molar-refractivity contribution in [1.82, 2.24) is 0 Å². The monoisotopic (exact) mass is 278 g/mol. The highest BCUT2D eigenvalue weighted by Gasteiger charge is 2.15. The summed E-state index contributed by atoms with van der Waals surface area (Å²) in [5, 5.41) is 0. The molecule has 20 heavy (non-hydrogen) atoms. The Balaban J connectivity index is 1.73. The van der Waals surface area contributed by atoms with Gasteiger partial charge < -0.3 is 14.2 Å². The van der Waals surface area contributed by atoms with Gasteiger partial charge in [0, 0.05) is 6.61 Å². The third-order valence-electron chi connectivity index (χ3n) is 3.49. The molecule has 0 bridgehead atoms. The van der Waals surface area contributed by atoms with Crippen LogP contribution >= 0.6 is 0 Å². The van der Waals surface area contributed by atoms with Gasteiger partial charge in [0.05, 0.1) is 6.61 Å². The Morgan fingerprint density at radius 2 is 2.05 bits per heavy atom. The Morgan fingerprint density at radius 3 is 2.75 bits per heavy atom. The van der Waals surface area contributed by atoms with Crippen LogP contribution in [-0.2, 0) is 14.9 Å². The summed E-state index contributed by atoms with van der Waals surface area (Å²) in [6.07, 6.45) is 3.31. The largest absolute Gasteiger partial charge is 0.491 e. The van der Waals surface area contributed by atoms with E-state index in [-0.39, 0.29) is 11.7 Å². The van der Waals surface area contributed by atoms with E-state index in [0.717, 1.165) is 25.2 Å². The van der Waals surface area contributed by atoms with E-state index in [1.807, 2.05) is 12.1 Å². The summed E-state index contributed by atoms with van der Waals surface area (Å²) in [7, 11) is 0. The van der Waals surface area contributed by atoms with Crippen LogP contribution in [-0.4, -0.2) is 26.1 Å². The van der Waals surface area contributed by atoms with Crippen LogP contribution in [0.3, 0.4) is 0 Å². The fraction of sp³-hybridized carbons (Fsp3) is 0.647. The number of benzene rings is 1. The third-order valence-corrected chi connectivity index (χ3v) is 3.49. The standard InChI is InChI=1S/C17H26O3/c1-17(2,3)14-7-6-8-15(13-14)18-11-12-20-16-9-4-5-10-19-16/h6-8,13,16H,4-5,9-12H2,1-3H3. The van der Waals surface area contributed by atoms with Gasteiger partial charge in [-0.1, -0.05) is 32.9 Å². The second kappa shape index (κ2) is 7.09. The molecular formula is C17H26O3. The molecule has 0 amide bonds. The Bertz CT molecular complexity index is 403. The maximum Gasteiger partial charge on any atom is 0.157 e. The lowest BCUT2D eigenvalue weighted by Gasteiger charge is -2.23. The van der Waals surface area contributed by atoms with Gasteiger partial charge in [-0.25, -0.2) is 0 Å². The zero-order valence-corrected chi connectivity index (χ0v) is 12.9. The topological polar surface area (TPSA) is 27.7 Å². The van der Waals surface area contributed by atoms with Crippen molar-refractivity contribution >= 4 is 0 Å². The van der Waals surface area contributed by atoms with Crippen LogP contribution < -0.4 is 4.74 Å². The smallest absolute Gasteiger partial charge is 0.157 e. The molecule has 0 radical (unpaired) electrons. The van der Waals surface area contributed by atoms with Crippen LogP contribution in [0.1, 0.15) is 45.6 Å². The maximum absolute atomic E-state index is 5.75. The van der Waals surface area contributed by atoms with Gasteiger partial charge in [0.15, 0.2) is 6.29 Å². The molecule has 1 unspecified atom stereocenters. The highest BCUT2D eigenvalue weighted by molar-refractivity contribution is 5.32. The lowest BCUT2D eigenvalue weighted by molar-refractivity contribution is -0.165. The van der Waals surface area contributed by atoms with Crippen LogP contribution in [0.2, 0.25) is 0 Å². The molecule has 1 fully saturated rings. The first-order valence-electron chi connectivity index (χ1n) is 7.52. The molecule has 1 heterocycles. The summed E-state index contributed by atoms with van der Waals surface area (Å²) in [6, 6.07) is 8.28. The minimum atomic E-state index is -0.0340. The van der Waals surface area contributed by atoms with Gasteiger partial charge in [-0.05, 0) is 42.4 Å². The summed E-state index contributed by atoms with van der Waals surface area (Å²) in [4.78, 5) is 0. The molecule has 2 rings (SSSR count). The summed E-state index contributed by atoms with van der Waals surface area (Å²) >= 11 is 0. The molecule has 0 N–H and O–H groups in total. The molecule has 1 aliphatic heterocycles. The van der Waals surface area contributed by atoms with Crippen molar-refractivity contribution in [2.24, 2.45) is 0 Å². The van der Waals surface area contributed by atoms with Gasteiger partial charge >= 0.3 is 0 Å². The Kier molecular flexibility index (Phi) is 5.44. The molecule has 112 valence electrons. The zero-order valence-electron chi connectivity index (χ0n) is 12.9. The van der Waals surface area contributed by atoms with E-state index in [1.54, 1.807) is 0 Å². The lowest BCUT2D eigenvalue weighted by atomic mass is 9.87. The second-order valence-electron chi connectivity index (χ2n) is 6.29. The van der Waals surface area contributed by atoms with Crippen LogP contribution in [0.5, 0.6) is 5.75 Å². The SMILES string of the molecule is CC(C)(C)c1cccc(OCCOC2CCCCO2)c1. The first-order valence-corrected chi connectivity index (χ1v) is 7.52. The fourth-order valence-corrected chi connectivity index (χ4v) is 2.23. The fourth-order valence-electron chi connectivity index (χ4n) is 2.23. The summed E-state index contributed by atoms with van der Waals surface area (Å²) in [5.74, 6) is 0.908. The van der Waals surface area contributed by atoms with Crippen molar-refractivity contribution in [2.45, 2.75) is 51.7 Å². The van der Waals surface area contributed by atoms with Crippen molar-refractivity contribution in [1.29, 1.82) is 0 Å². The van der Waals surface area contributed by atoms with Crippen LogP contribution in [0.4, 0.5) is 0 Å². The van der Waals surface area contributed by atoms with E-state index in [0.29, 0.717) is 13.2 Å². The third kappa shape index (κ3) is 4.80. The lowest BCUT2D eigenvalue weighted by Crippen LogP contribution is -2.24. The predicted molar refractivity (Wildman–Crippen MR) is 80.2 cm³/mol. The Morgan fingerprint density at radius 1 is 1.20 bits per heavy atom. The quantitative estimate of drug-likeness (QED) is 0.764. The van der Waals surface area contributed by atoms with E-state index in [2.05, 4.69) is 32.9 Å². The highest BCUT2D eigenvalue weighted by atomic mass is 16.7. The molecule has 0 spiro atoms. The van der Waals surface area contributed by atoms with Gasteiger partial charge in [-0.15, -0.1) is 0 Å². The van der Waals surface area contributed by atoms with E-state index in [9.17, 15) is 0 Å². The Hall–Kier alpha value is -1.06. The molecule has 3 nitrogen and oxygen atoms in total. The minimum Gasteiger partial charge on any atom is -0.491 e. The van der Waals surface area contributed by atoms with E-state index in [1.165, 1.54) is 12.0 Å². The van der Waals surface area contributed by atoms with Crippen molar-refractivity contribution in [3.63, 3.8) is 0 Å². The molecule has 1 saturated heterocycles. The number of rotatable bonds is 5.